The molecule has 0 aliphatic heterocycles. The molecule has 1 aromatic carbocycles. The molecule has 1 rings (SSSR count). The van der Waals surface area contributed by atoms with Crippen molar-refractivity contribution in [2.75, 3.05) is 13.2 Å². The van der Waals surface area contributed by atoms with E-state index in [4.69, 9.17) is 9.92 Å². The summed E-state index contributed by atoms with van der Waals surface area (Å²) in [6.07, 6.45) is 5.65. The Morgan fingerprint density at radius 1 is 1.10 bits per heavy atom. The van der Waals surface area contributed by atoms with Crippen LogP contribution in [0.15, 0.2) is 30.3 Å². The summed E-state index contributed by atoms with van der Waals surface area (Å²) >= 11 is 0.996. The van der Waals surface area contributed by atoms with Gasteiger partial charge in [-0.2, -0.15) is 0 Å². The highest BCUT2D eigenvalue weighted by Crippen LogP contribution is 2.12. The predicted molar refractivity (Wildman–Crippen MR) is 88.1 cm³/mol. The van der Waals surface area contributed by atoms with E-state index in [1.54, 1.807) is 0 Å². The third-order valence-corrected chi connectivity index (χ3v) is 3.47. The molecule has 114 valence electrons. The number of hydrogen-bond acceptors (Lipinski definition) is 4. The summed E-state index contributed by atoms with van der Waals surface area (Å²) in [6.45, 7) is 1.40. The van der Waals surface area contributed by atoms with Crippen LogP contribution < -0.4 is 5.73 Å². The number of aryl methyl sites for hydroxylation is 1. The first kappa shape index (κ1) is 19.4. The molecule has 3 nitrogen and oxygen atoms in total. The Labute approximate surface area is 132 Å². The van der Waals surface area contributed by atoms with E-state index >= 15 is 0 Å². The first-order valence-electron chi connectivity index (χ1n) is 6.89. The SMILES string of the molecule is Cl.NCCCCCCOSC(=O)CCc1ccccc1. The number of rotatable bonds is 10. The zero-order chi connectivity index (χ0) is 13.8. The van der Waals surface area contributed by atoms with Crippen molar-refractivity contribution in [3.8, 4) is 0 Å². The first-order chi connectivity index (χ1) is 9.33. The van der Waals surface area contributed by atoms with Crippen LogP contribution >= 0.6 is 24.4 Å². The molecule has 0 fully saturated rings. The van der Waals surface area contributed by atoms with Crippen molar-refractivity contribution in [2.24, 2.45) is 5.73 Å². The van der Waals surface area contributed by atoms with Gasteiger partial charge in [0.15, 0.2) is 0 Å². The molecule has 2 N–H and O–H groups in total. The van der Waals surface area contributed by atoms with Crippen molar-refractivity contribution >= 4 is 29.6 Å². The summed E-state index contributed by atoms with van der Waals surface area (Å²) in [5.41, 5.74) is 6.60. The van der Waals surface area contributed by atoms with E-state index in [1.165, 1.54) is 5.56 Å². The van der Waals surface area contributed by atoms with E-state index in [0.29, 0.717) is 13.0 Å². The van der Waals surface area contributed by atoms with Crippen molar-refractivity contribution in [2.45, 2.75) is 38.5 Å². The Bertz CT molecular complexity index is 349. The second-order valence-electron chi connectivity index (χ2n) is 4.47. The van der Waals surface area contributed by atoms with Crippen molar-refractivity contribution < 1.29 is 8.98 Å². The van der Waals surface area contributed by atoms with Gasteiger partial charge in [0, 0.05) is 6.42 Å². The smallest absolute Gasteiger partial charge is 0.215 e. The molecule has 0 radical (unpaired) electrons. The van der Waals surface area contributed by atoms with Gasteiger partial charge in [-0.15, -0.1) is 12.4 Å². The third kappa shape index (κ3) is 10.3. The number of carbonyl (C=O) groups excluding carboxylic acids is 1. The quantitative estimate of drug-likeness (QED) is 0.527. The van der Waals surface area contributed by atoms with E-state index in [0.717, 1.165) is 50.7 Å². The standard InChI is InChI=1S/C15H23NO2S.ClH/c16-12-6-1-2-7-13-18-19-15(17)11-10-14-8-4-3-5-9-14;/h3-5,8-9H,1-2,6-7,10-13,16H2;1H. The molecule has 0 unspecified atom stereocenters. The van der Waals surface area contributed by atoms with Gasteiger partial charge in [-0.25, -0.2) is 0 Å². The Hall–Kier alpha value is -0.550. The molecule has 0 aromatic heterocycles. The number of hydrogen-bond donors (Lipinski definition) is 1. The van der Waals surface area contributed by atoms with E-state index < -0.39 is 0 Å². The number of unbranched alkanes of at least 4 members (excludes halogenated alkanes) is 3. The van der Waals surface area contributed by atoms with Gasteiger partial charge >= 0.3 is 0 Å². The van der Waals surface area contributed by atoms with Gasteiger partial charge in [-0.3, -0.25) is 4.79 Å². The molecule has 0 amide bonds. The van der Waals surface area contributed by atoms with Crippen LogP contribution in [-0.2, 0) is 15.4 Å². The fourth-order valence-corrected chi connectivity index (χ4v) is 2.22. The topological polar surface area (TPSA) is 52.3 Å². The Morgan fingerprint density at radius 3 is 2.50 bits per heavy atom. The van der Waals surface area contributed by atoms with Crippen LogP contribution in [0.4, 0.5) is 0 Å². The number of carbonyl (C=O) groups is 1. The largest absolute Gasteiger partial charge is 0.330 e. The van der Waals surface area contributed by atoms with Crippen LogP contribution in [0.2, 0.25) is 0 Å². The molecule has 0 saturated heterocycles. The Balaban J connectivity index is 0.00000361. The Morgan fingerprint density at radius 2 is 1.80 bits per heavy atom. The zero-order valence-corrected chi connectivity index (χ0v) is 13.4. The maximum Gasteiger partial charge on any atom is 0.215 e. The van der Waals surface area contributed by atoms with Gasteiger partial charge in [0.2, 0.25) is 5.12 Å². The number of halogens is 1. The fraction of sp³-hybridized carbons (Fsp3) is 0.533. The van der Waals surface area contributed by atoms with Gasteiger partial charge < -0.3 is 9.92 Å². The van der Waals surface area contributed by atoms with Crippen LogP contribution in [0.25, 0.3) is 0 Å². The lowest BCUT2D eigenvalue weighted by Crippen LogP contribution is -1.99. The van der Waals surface area contributed by atoms with E-state index in [2.05, 4.69) is 0 Å². The second-order valence-corrected chi connectivity index (χ2v) is 5.32. The van der Waals surface area contributed by atoms with Gasteiger partial charge in [0.05, 0.1) is 18.6 Å². The molecule has 0 aliphatic rings. The average molecular weight is 318 g/mol. The molecule has 0 saturated carbocycles. The molecule has 0 aliphatic carbocycles. The van der Waals surface area contributed by atoms with Gasteiger partial charge in [-0.1, -0.05) is 43.2 Å². The summed E-state index contributed by atoms with van der Waals surface area (Å²) < 4.78 is 5.30. The fourth-order valence-electron chi connectivity index (χ4n) is 1.70. The molecule has 5 heteroatoms. The van der Waals surface area contributed by atoms with Gasteiger partial charge in [0.25, 0.3) is 0 Å². The second kappa shape index (κ2) is 13.4. The molecule has 0 atom stereocenters. The summed E-state index contributed by atoms with van der Waals surface area (Å²) in [5, 5.41) is 0.103. The Kier molecular flexibility index (Phi) is 13.1. The molecule has 20 heavy (non-hydrogen) atoms. The summed E-state index contributed by atoms with van der Waals surface area (Å²) in [5.74, 6) is 0. The predicted octanol–water partition coefficient (Wildman–Crippen LogP) is 3.75. The molecule has 0 spiro atoms. The van der Waals surface area contributed by atoms with Gasteiger partial charge in [-0.05, 0) is 31.4 Å². The summed E-state index contributed by atoms with van der Waals surface area (Å²) in [7, 11) is 0. The third-order valence-electron chi connectivity index (χ3n) is 2.79. The van der Waals surface area contributed by atoms with Crippen LogP contribution in [0.1, 0.15) is 37.7 Å². The molecule has 1 aromatic rings. The number of nitrogens with two attached hydrogens (primary N) is 1. The van der Waals surface area contributed by atoms with Crippen LogP contribution in [0.3, 0.4) is 0 Å². The molecular weight excluding hydrogens is 294 g/mol. The minimum Gasteiger partial charge on any atom is -0.330 e. The summed E-state index contributed by atoms with van der Waals surface area (Å²) in [6, 6.07) is 10.0. The van der Waals surface area contributed by atoms with Crippen molar-refractivity contribution in [3.05, 3.63) is 35.9 Å². The minimum absolute atomic E-state index is 0. The van der Waals surface area contributed by atoms with E-state index in [9.17, 15) is 4.79 Å². The monoisotopic (exact) mass is 317 g/mol. The van der Waals surface area contributed by atoms with Crippen molar-refractivity contribution in [3.63, 3.8) is 0 Å². The summed E-state index contributed by atoms with van der Waals surface area (Å²) in [4.78, 5) is 11.6. The van der Waals surface area contributed by atoms with Crippen molar-refractivity contribution in [1.29, 1.82) is 0 Å². The first-order valence-corrected chi connectivity index (χ1v) is 7.63. The highest BCUT2D eigenvalue weighted by atomic mass is 35.5. The molecule has 0 bridgehead atoms. The highest BCUT2D eigenvalue weighted by Gasteiger charge is 2.04. The maximum absolute atomic E-state index is 11.6. The van der Waals surface area contributed by atoms with Crippen molar-refractivity contribution in [1.82, 2.24) is 0 Å². The lowest BCUT2D eigenvalue weighted by Gasteiger charge is -2.02. The highest BCUT2D eigenvalue weighted by molar-refractivity contribution is 8.09. The molecule has 0 heterocycles. The molecular formula is C15H24ClNO2S. The lowest BCUT2D eigenvalue weighted by molar-refractivity contribution is -0.111. The van der Waals surface area contributed by atoms with Crippen LogP contribution in [0.5, 0.6) is 0 Å². The number of benzene rings is 1. The van der Waals surface area contributed by atoms with Crippen LogP contribution in [-0.4, -0.2) is 18.3 Å². The zero-order valence-electron chi connectivity index (χ0n) is 11.8. The normalized spacial score (nSPS) is 10.1. The lowest BCUT2D eigenvalue weighted by atomic mass is 10.1. The maximum atomic E-state index is 11.6. The minimum atomic E-state index is 0. The van der Waals surface area contributed by atoms with E-state index in [-0.39, 0.29) is 17.5 Å². The van der Waals surface area contributed by atoms with Crippen LogP contribution in [0, 0.1) is 0 Å². The average Bonchev–Trinajstić information content (AvgIpc) is 2.45. The van der Waals surface area contributed by atoms with E-state index in [1.807, 2.05) is 30.3 Å². The van der Waals surface area contributed by atoms with Gasteiger partial charge in [0.1, 0.15) is 0 Å².